The standard InChI is InChI=1S/C4H5N.CH3.In/c1-3-4(2)5;;/h1-3H,5H2;1H3;. The zero-order valence-corrected chi connectivity index (χ0v) is 7.68. The molecular weight excluding hydrogens is 189 g/mol. The van der Waals surface area contributed by atoms with Gasteiger partial charge in [-0.2, -0.15) is 0 Å². The Balaban J connectivity index is 2.69. The first-order valence-corrected chi connectivity index (χ1v) is 9.54. The molecule has 1 nitrogen and oxygen atoms in total. The molecule has 0 aliphatic carbocycles. The molecule has 7 heavy (non-hydrogen) atoms. The second kappa shape index (κ2) is 1.95. The normalized spacial score (nSPS) is 17.9. The molecule has 1 aliphatic heterocycles. The van der Waals surface area contributed by atoms with Crippen molar-refractivity contribution in [3.63, 3.8) is 0 Å². The number of nitrogens with two attached hydrogens (primary N) is 1. The summed E-state index contributed by atoms with van der Waals surface area (Å²) in [7, 11) is 0. The predicted molar refractivity (Wildman–Crippen MR) is 33.0 cm³/mol. The predicted octanol–water partition coefficient (Wildman–Crippen LogP) is 0.602. The van der Waals surface area contributed by atoms with Crippen molar-refractivity contribution in [2.75, 3.05) is 0 Å². The molecule has 0 fully saturated rings. The Morgan fingerprint density at radius 1 is 1.71 bits per heavy atom. The first-order chi connectivity index (χ1) is 3.29. The number of rotatable bonds is 0. The molecule has 1 aliphatic rings. The molecule has 0 bridgehead atoms. The van der Waals surface area contributed by atoms with Gasteiger partial charge in [-0.3, -0.25) is 0 Å². The van der Waals surface area contributed by atoms with Gasteiger partial charge in [-0.25, -0.2) is 0 Å². The molecule has 0 aromatic heterocycles. The summed E-state index contributed by atoms with van der Waals surface area (Å²) in [6.45, 7) is 0. The molecule has 0 saturated carbocycles. The topological polar surface area (TPSA) is 26.0 Å². The van der Waals surface area contributed by atoms with E-state index in [2.05, 4.69) is 12.3 Å². The number of hydrogen-bond donors (Lipinski definition) is 1. The molecule has 0 saturated heterocycles. The van der Waals surface area contributed by atoms with Crippen LogP contribution in [0, 0.1) is 0 Å². The molecule has 0 radical (unpaired) electrons. The average molecular weight is 197 g/mol. The molecule has 2 N–H and O–H groups in total. The SMILES string of the molecule is [CH3][In]1[CH]=CC(N)=[CH]1. The second-order valence-corrected chi connectivity index (χ2v) is 8.84. The molecule has 0 aromatic carbocycles. The van der Waals surface area contributed by atoms with Crippen LogP contribution in [0.5, 0.6) is 0 Å². The van der Waals surface area contributed by atoms with E-state index in [1.807, 2.05) is 6.08 Å². The van der Waals surface area contributed by atoms with Crippen molar-refractivity contribution in [2.24, 2.45) is 5.73 Å². The second-order valence-electron chi connectivity index (χ2n) is 1.88. The molecule has 0 aromatic rings. The molecule has 0 spiro atoms. The van der Waals surface area contributed by atoms with E-state index >= 15 is 0 Å². The number of hydrogen-bond acceptors (Lipinski definition) is 1. The minimum atomic E-state index is -1.15. The summed E-state index contributed by atoms with van der Waals surface area (Å²) in [4.78, 5) is 0. The summed E-state index contributed by atoms with van der Waals surface area (Å²) in [5.74, 6) is 0. The first-order valence-electron chi connectivity index (χ1n) is 2.44. The van der Waals surface area contributed by atoms with Crippen molar-refractivity contribution in [3.05, 3.63) is 19.4 Å². The first kappa shape index (κ1) is 5.29. The van der Waals surface area contributed by atoms with Crippen LogP contribution >= 0.6 is 0 Å². The third-order valence-electron chi connectivity index (χ3n) is 1.05. The Morgan fingerprint density at radius 3 is 2.57 bits per heavy atom. The van der Waals surface area contributed by atoms with Crippen molar-refractivity contribution in [3.8, 4) is 0 Å². The van der Waals surface area contributed by atoms with E-state index in [1.54, 1.807) is 0 Å². The van der Waals surface area contributed by atoms with Crippen LogP contribution in [-0.4, -0.2) is 21.4 Å². The fourth-order valence-electron chi connectivity index (χ4n) is 0.678. The third-order valence-corrected chi connectivity index (χ3v) is 5.93. The van der Waals surface area contributed by atoms with Crippen LogP contribution in [0.4, 0.5) is 0 Å². The van der Waals surface area contributed by atoms with Crippen molar-refractivity contribution >= 4 is 21.4 Å². The van der Waals surface area contributed by atoms with Crippen LogP contribution in [-0.2, 0) is 0 Å². The molecule has 0 atom stereocenters. The molecule has 0 amide bonds. The Bertz CT molecular complexity index is 126. The zero-order chi connectivity index (χ0) is 5.28. The summed E-state index contributed by atoms with van der Waals surface area (Å²) in [5.41, 5.74) is 6.44. The monoisotopic (exact) mass is 197 g/mol. The van der Waals surface area contributed by atoms with Crippen LogP contribution in [0.2, 0.25) is 4.68 Å². The maximum absolute atomic E-state index is 5.45. The van der Waals surface area contributed by atoms with Gasteiger partial charge < -0.3 is 0 Å². The fraction of sp³-hybridized carbons (Fsp3) is 0.200. The Labute approximate surface area is 51.4 Å². The van der Waals surface area contributed by atoms with Crippen molar-refractivity contribution in [1.82, 2.24) is 0 Å². The van der Waals surface area contributed by atoms with Gasteiger partial charge in [-0.1, -0.05) is 0 Å². The van der Waals surface area contributed by atoms with Crippen molar-refractivity contribution < 1.29 is 0 Å². The molecule has 36 valence electrons. The fourth-order valence-corrected chi connectivity index (χ4v) is 4.55. The summed E-state index contributed by atoms with van der Waals surface area (Å²) < 4.78 is 6.84. The van der Waals surface area contributed by atoms with E-state index in [4.69, 9.17) is 5.73 Å². The summed E-state index contributed by atoms with van der Waals surface area (Å²) in [5, 5.41) is 0. The van der Waals surface area contributed by atoms with E-state index in [0.29, 0.717) is 0 Å². The quantitative estimate of drug-likeness (QED) is 0.604. The molecule has 1 rings (SSSR count). The van der Waals surface area contributed by atoms with Gasteiger partial charge in [0.25, 0.3) is 0 Å². The van der Waals surface area contributed by atoms with Crippen LogP contribution in [0.15, 0.2) is 19.4 Å². The van der Waals surface area contributed by atoms with Crippen LogP contribution in [0.25, 0.3) is 0 Å². The van der Waals surface area contributed by atoms with Gasteiger partial charge >= 0.3 is 51.3 Å². The molecule has 0 unspecified atom stereocenters. The van der Waals surface area contributed by atoms with Gasteiger partial charge in [0.05, 0.1) is 0 Å². The summed E-state index contributed by atoms with van der Waals surface area (Å²) in [6, 6.07) is 0. The summed E-state index contributed by atoms with van der Waals surface area (Å²) >= 11 is -1.15. The minimum absolute atomic E-state index is 0.989. The van der Waals surface area contributed by atoms with E-state index in [9.17, 15) is 0 Å². The third kappa shape index (κ3) is 1.27. The van der Waals surface area contributed by atoms with Gasteiger partial charge in [0.2, 0.25) is 0 Å². The molecule has 2 heteroatoms. The maximum atomic E-state index is 5.45. The Hall–Kier alpha value is 0.150. The Kier molecular flexibility index (Phi) is 1.47. The van der Waals surface area contributed by atoms with E-state index in [-0.39, 0.29) is 0 Å². The average Bonchev–Trinajstić information content (AvgIpc) is 1.87. The van der Waals surface area contributed by atoms with Crippen molar-refractivity contribution in [2.45, 2.75) is 4.68 Å². The van der Waals surface area contributed by atoms with E-state index in [1.165, 1.54) is 0 Å². The van der Waals surface area contributed by atoms with Crippen molar-refractivity contribution in [1.29, 1.82) is 0 Å². The van der Waals surface area contributed by atoms with Crippen LogP contribution in [0.3, 0.4) is 0 Å². The van der Waals surface area contributed by atoms with Gasteiger partial charge in [-0.15, -0.1) is 0 Å². The van der Waals surface area contributed by atoms with Crippen LogP contribution in [0.1, 0.15) is 0 Å². The number of allylic oxidation sites excluding steroid dienone is 1. The van der Waals surface area contributed by atoms with Crippen LogP contribution < -0.4 is 5.73 Å². The molecular formula is C5H8InN. The van der Waals surface area contributed by atoms with Gasteiger partial charge in [0, 0.05) is 0 Å². The van der Waals surface area contributed by atoms with Gasteiger partial charge in [-0.05, 0) is 0 Å². The van der Waals surface area contributed by atoms with Gasteiger partial charge in [0.15, 0.2) is 0 Å². The summed E-state index contributed by atoms with van der Waals surface area (Å²) in [6.07, 6.45) is 2.03. The van der Waals surface area contributed by atoms with Gasteiger partial charge in [0.1, 0.15) is 0 Å². The molecule has 1 heterocycles. The van der Waals surface area contributed by atoms with E-state index in [0.717, 1.165) is 5.70 Å². The van der Waals surface area contributed by atoms with E-state index < -0.39 is 21.4 Å². The zero-order valence-electron chi connectivity index (χ0n) is 4.39. The Morgan fingerprint density at radius 2 is 2.43 bits per heavy atom.